The van der Waals surface area contributed by atoms with Crippen LogP contribution in [0, 0.1) is 6.42 Å². The van der Waals surface area contributed by atoms with Crippen LogP contribution in [0.4, 0.5) is 9.59 Å². The highest BCUT2D eigenvalue weighted by Crippen LogP contribution is 1.83. The van der Waals surface area contributed by atoms with Crippen molar-refractivity contribution in [3.8, 4) is 0 Å². The second-order valence-corrected chi connectivity index (χ2v) is 2.26. The summed E-state index contributed by atoms with van der Waals surface area (Å²) in [5.74, 6) is -0.757. The first-order chi connectivity index (χ1) is 6.49. The zero-order valence-electron chi connectivity index (χ0n) is 7.48. The van der Waals surface area contributed by atoms with Crippen molar-refractivity contribution in [2.24, 2.45) is 5.73 Å². The topological polar surface area (TPSA) is 125 Å². The quantitative estimate of drug-likeness (QED) is 0.326. The molecule has 0 aliphatic heterocycles. The van der Waals surface area contributed by atoms with Gasteiger partial charge in [0.05, 0.1) is 6.42 Å². The molecule has 5 N–H and O–H groups in total. The third kappa shape index (κ3) is 4.26. The van der Waals surface area contributed by atoms with E-state index in [9.17, 15) is 14.4 Å². The van der Waals surface area contributed by atoms with Crippen molar-refractivity contribution in [3.05, 3.63) is 6.42 Å². The summed E-state index contributed by atoms with van der Waals surface area (Å²) in [6.45, 7) is -0.122. The fourth-order valence-corrected chi connectivity index (χ4v) is 0.495. The summed E-state index contributed by atoms with van der Waals surface area (Å²) in [6.07, 6.45) is 0.979. The van der Waals surface area contributed by atoms with E-state index in [1.807, 2.05) is 0 Å². The van der Waals surface area contributed by atoms with E-state index in [0.29, 0.717) is 4.90 Å². The molecule has 0 fully saturated rings. The van der Waals surface area contributed by atoms with E-state index in [2.05, 4.69) is 5.32 Å². The summed E-state index contributed by atoms with van der Waals surface area (Å²) in [5, 5.41) is 10.3. The van der Waals surface area contributed by atoms with Crippen LogP contribution in [0.25, 0.3) is 0 Å². The molecule has 0 bridgehead atoms. The minimum atomic E-state index is -0.908. The molecular formula is C6H11N4O4. The Hall–Kier alpha value is -1.83. The smallest absolute Gasteiger partial charge is 0.325 e. The Morgan fingerprint density at radius 3 is 2.50 bits per heavy atom. The molecule has 0 atom stereocenters. The number of nitrogens with two attached hydrogens (primary N) is 1. The van der Waals surface area contributed by atoms with Gasteiger partial charge in [-0.05, 0) is 0 Å². The lowest BCUT2D eigenvalue weighted by molar-refractivity contribution is -0.125. The molecule has 0 aromatic carbocycles. The van der Waals surface area contributed by atoms with E-state index in [1.165, 1.54) is 12.5 Å². The number of urea groups is 2. The Morgan fingerprint density at radius 2 is 2.07 bits per heavy atom. The van der Waals surface area contributed by atoms with Crippen LogP contribution in [0.1, 0.15) is 0 Å². The zero-order valence-corrected chi connectivity index (χ0v) is 7.48. The lowest BCUT2D eigenvalue weighted by Crippen LogP contribution is -2.44. The number of rotatable bonds is 3. The normalized spacial score (nSPS) is 9.00. The number of hydrogen-bond donors (Lipinski definition) is 4. The Morgan fingerprint density at radius 1 is 1.50 bits per heavy atom. The Labute approximate surface area is 80.0 Å². The largest absolute Gasteiger partial charge is 0.351 e. The second-order valence-electron chi connectivity index (χ2n) is 2.26. The molecule has 0 saturated carbocycles. The highest BCUT2D eigenvalue weighted by Gasteiger charge is 2.12. The van der Waals surface area contributed by atoms with Crippen LogP contribution >= 0.6 is 0 Å². The number of carbonyl (C=O) groups excluding carboxylic acids is 3. The second kappa shape index (κ2) is 5.75. The molecule has 0 unspecified atom stereocenters. The first-order valence-corrected chi connectivity index (χ1v) is 3.57. The first kappa shape index (κ1) is 12.2. The molecule has 0 aliphatic carbocycles. The van der Waals surface area contributed by atoms with Gasteiger partial charge >= 0.3 is 12.1 Å². The van der Waals surface area contributed by atoms with Crippen molar-refractivity contribution in [3.63, 3.8) is 0 Å². The number of carbonyl (C=O) groups is 3. The van der Waals surface area contributed by atoms with Gasteiger partial charge in [-0.2, -0.15) is 0 Å². The Balaban J connectivity index is 3.75. The van der Waals surface area contributed by atoms with Gasteiger partial charge in [0.25, 0.3) is 0 Å². The molecular weight excluding hydrogens is 192 g/mol. The Kier molecular flexibility index (Phi) is 5.00. The van der Waals surface area contributed by atoms with Crippen molar-refractivity contribution in [2.45, 2.75) is 0 Å². The minimum absolute atomic E-state index is 0.122. The fraction of sp³-hybridized carbons (Fsp3) is 0.333. The molecule has 14 heavy (non-hydrogen) atoms. The van der Waals surface area contributed by atoms with Crippen LogP contribution in [0.3, 0.4) is 0 Å². The minimum Gasteiger partial charge on any atom is -0.351 e. The van der Waals surface area contributed by atoms with Gasteiger partial charge in [0, 0.05) is 13.6 Å². The van der Waals surface area contributed by atoms with E-state index in [1.54, 1.807) is 0 Å². The van der Waals surface area contributed by atoms with Gasteiger partial charge in [-0.1, -0.05) is 0 Å². The lowest BCUT2D eigenvalue weighted by atomic mass is 10.4. The highest BCUT2D eigenvalue weighted by atomic mass is 16.5. The molecule has 0 saturated heterocycles. The number of hydrogen-bond acceptors (Lipinski definition) is 4. The zero-order chi connectivity index (χ0) is 11.1. The van der Waals surface area contributed by atoms with Gasteiger partial charge in [-0.15, -0.1) is 0 Å². The van der Waals surface area contributed by atoms with Crippen molar-refractivity contribution in [1.82, 2.24) is 15.7 Å². The first-order valence-electron chi connectivity index (χ1n) is 3.57. The van der Waals surface area contributed by atoms with Crippen LogP contribution in [0.15, 0.2) is 0 Å². The molecule has 0 aromatic heterocycles. The van der Waals surface area contributed by atoms with Crippen LogP contribution in [0.2, 0.25) is 0 Å². The summed E-state index contributed by atoms with van der Waals surface area (Å²) in [4.78, 5) is 32.5. The number of amides is 5. The van der Waals surface area contributed by atoms with E-state index < -0.39 is 18.0 Å². The Bertz CT molecular complexity index is 242. The maximum atomic E-state index is 11.0. The molecule has 0 aliphatic rings. The molecule has 0 heterocycles. The summed E-state index contributed by atoms with van der Waals surface area (Å²) >= 11 is 0. The lowest BCUT2D eigenvalue weighted by Gasteiger charge is -2.12. The van der Waals surface area contributed by atoms with Crippen molar-refractivity contribution in [1.29, 1.82) is 0 Å². The highest BCUT2D eigenvalue weighted by molar-refractivity contribution is 5.92. The van der Waals surface area contributed by atoms with Crippen LogP contribution in [0.5, 0.6) is 0 Å². The van der Waals surface area contributed by atoms with Crippen LogP contribution < -0.4 is 16.5 Å². The van der Waals surface area contributed by atoms with Gasteiger partial charge < -0.3 is 11.1 Å². The predicted octanol–water partition coefficient (Wildman–Crippen LogP) is -1.58. The molecule has 1 radical (unpaired) electrons. The third-order valence-corrected chi connectivity index (χ3v) is 1.29. The number of hydroxylamine groups is 1. The molecule has 0 rings (SSSR count). The summed E-state index contributed by atoms with van der Waals surface area (Å²) in [5.41, 5.74) is 6.13. The fourth-order valence-electron chi connectivity index (χ4n) is 0.495. The van der Waals surface area contributed by atoms with E-state index in [0.717, 1.165) is 6.42 Å². The molecule has 79 valence electrons. The van der Waals surface area contributed by atoms with Crippen LogP contribution in [-0.4, -0.2) is 41.7 Å². The molecule has 8 heteroatoms. The molecule has 8 nitrogen and oxygen atoms in total. The molecule has 0 spiro atoms. The van der Waals surface area contributed by atoms with Crippen molar-refractivity contribution < 1.29 is 19.6 Å². The van der Waals surface area contributed by atoms with Gasteiger partial charge in [0.1, 0.15) is 0 Å². The predicted molar refractivity (Wildman–Crippen MR) is 45.0 cm³/mol. The maximum Gasteiger partial charge on any atom is 0.325 e. The average molecular weight is 203 g/mol. The number of nitrogens with zero attached hydrogens (tertiary/aromatic N) is 1. The van der Waals surface area contributed by atoms with Gasteiger partial charge in [-0.25, -0.2) is 20.0 Å². The summed E-state index contributed by atoms with van der Waals surface area (Å²) in [6, 6.07) is -1.64. The third-order valence-electron chi connectivity index (χ3n) is 1.29. The van der Waals surface area contributed by atoms with Crippen LogP contribution in [-0.2, 0) is 4.79 Å². The SMILES string of the molecule is CN(C(N)=O)C(=O)NC[CH]C(=O)NO. The van der Waals surface area contributed by atoms with E-state index in [4.69, 9.17) is 10.9 Å². The van der Waals surface area contributed by atoms with Gasteiger partial charge in [0.2, 0.25) is 5.91 Å². The van der Waals surface area contributed by atoms with E-state index >= 15 is 0 Å². The average Bonchev–Trinajstić information content (AvgIpc) is 2.15. The van der Waals surface area contributed by atoms with Crippen molar-refractivity contribution in [2.75, 3.05) is 13.6 Å². The van der Waals surface area contributed by atoms with Crippen molar-refractivity contribution >= 4 is 18.0 Å². The number of primary amides is 1. The molecule has 0 aromatic rings. The number of imide groups is 1. The maximum absolute atomic E-state index is 11.0. The standard InChI is InChI=1S/C6H11N4O4/c1-10(5(7)12)6(13)8-3-2-4(11)9-14/h2,14H,3H2,1H3,(H2,7,12)(H,8,13)(H,9,11). The van der Waals surface area contributed by atoms with Gasteiger partial charge in [-0.3, -0.25) is 10.0 Å². The molecule has 5 amide bonds. The van der Waals surface area contributed by atoms with E-state index in [-0.39, 0.29) is 6.54 Å². The summed E-state index contributed by atoms with van der Waals surface area (Å²) < 4.78 is 0. The summed E-state index contributed by atoms with van der Waals surface area (Å²) in [7, 11) is 1.18. The number of nitrogens with one attached hydrogen (secondary N) is 2. The monoisotopic (exact) mass is 203 g/mol. The van der Waals surface area contributed by atoms with Gasteiger partial charge in [0.15, 0.2) is 0 Å².